The van der Waals surface area contributed by atoms with Crippen molar-refractivity contribution >= 4 is 15.9 Å². The third-order valence-electron chi connectivity index (χ3n) is 2.54. The van der Waals surface area contributed by atoms with Crippen molar-refractivity contribution in [2.45, 2.75) is 18.2 Å². The summed E-state index contributed by atoms with van der Waals surface area (Å²) in [7, 11) is -4.46. The van der Waals surface area contributed by atoms with Gasteiger partial charge in [0.25, 0.3) is 0 Å². The lowest BCUT2D eigenvalue weighted by Crippen LogP contribution is -2.34. The lowest BCUT2D eigenvalue weighted by atomic mass is 10.3. The Kier molecular flexibility index (Phi) is 5.12. The molecule has 0 saturated carbocycles. The van der Waals surface area contributed by atoms with E-state index < -0.39 is 32.4 Å². The van der Waals surface area contributed by atoms with E-state index in [4.69, 9.17) is 11.1 Å². The summed E-state index contributed by atoms with van der Waals surface area (Å²) in [4.78, 5) is -1.20. The summed E-state index contributed by atoms with van der Waals surface area (Å²) >= 11 is 0. The molecule has 0 aliphatic carbocycles. The molecule has 5 nitrogen and oxygen atoms in total. The molecular weight excluding hydrogens is 295 g/mol. The van der Waals surface area contributed by atoms with Crippen molar-refractivity contribution in [3.63, 3.8) is 0 Å². The van der Waals surface area contributed by atoms with E-state index in [-0.39, 0.29) is 25.3 Å². The minimum Gasteiger partial charge on any atom is -0.388 e. The standard InChI is InChI=1S/C11H14F3N3O2S/c1-2-17(4-3-10(15)16)20(18,19)11-8(13)5-7(12)6-9(11)14/h5-6H,2-4H2,1H3,(H3,15,16). The Labute approximate surface area is 114 Å². The lowest BCUT2D eigenvalue weighted by Gasteiger charge is -2.20. The first-order chi connectivity index (χ1) is 9.20. The molecule has 3 N–H and O–H groups in total. The van der Waals surface area contributed by atoms with Crippen LogP contribution in [0.4, 0.5) is 13.2 Å². The highest BCUT2D eigenvalue weighted by Crippen LogP contribution is 2.23. The molecule has 0 unspecified atom stereocenters. The molecule has 0 radical (unpaired) electrons. The van der Waals surface area contributed by atoms with Crippen molar-refractivity contribution in [3.05, 3.63) is 29.6 Å². The fourth-order valence-corrected chi connectivity index (χ4v) is 3.14. The van der Waals surface area contributed by atoms with Gasteiger partial charge in [-0.2, -0.15) is 4.31 Å². The van der Waals surface area contributed by atoms with Crippen molar-refractivity contribution < 1.29 is 21.6 Å². The van der Waals surface area contributed by atoms with E-state index >= 15 is 0 Å². The number of benzene rings is 1. The Morgan fingerprint density at radius 2 is 1.80 bits per heavy atom. The van der Waals surface area contributed by atoms with E-state index in [9.17, 15) is 21.6 Å². The Morgan fingerprint density at radius 1 is 1.30 bits per heavy atom. The molecule has 0 amide bonds. The van der Waals surface area contributed by atoms with Crippen LogP contribution in [0.25, 0.3) is 0 Å². The molecule has 0 fully saturated rings. The van der Waals surface area contributed by atoms with Crippen LogP contribution < -0.4 is 5.73 Å². The minimum absolute atomic E-state index is 0.0636. The fraction of sp³-hybridized carbons (Fsp3) is 0.364. The molecule has 1 aromatic carbocycles. The second kappa shape index (κ2) is 6.23. The van der Waals surface area contributed by atoms with Crippen molar-refractivity contribution in [3.8, 4) is 0 Å². The average Bonchev–Trinajstić information content (AvgIpc) is 2.26. The van der Waals surface area contributed by atoms with Crippen LogP contribution in [-0.4, -0.2) is 31.6 Å². The monoisotopic (exact) mass is 309 g/mol. The molecule has 0 atom stereocenters. The van der Waals surface area contributed by atoms with Gasteiger partial charge in [-0.3, -0.25) is 5.41 Å². The number of nitrogens with one attached hydrogen (secondary N) is 1. The Bertz CT molecular complexity index is 596. The predicted octanol–water partition coefficient (Wildman–Crippen LogP) is 1.44. The molecular formula is C11H14F3N3O2S. The van der Waals surface area contributed by atoms with Crippen LogP contribution in [0.2, 0.25) is 0 Å². The second-order valence-corrected chi connectivity index (χ2v) is 5.85. The minimum atomic E-state index is -4.46. The van der Waals surface area contributed by atoms with Gasteiger partial charge in [-0.15, -0.1) is 0 Å². The molecule has 0 heterocycles. The number of amidine groups is 1. The zero-order valence-electron chi connectivity index (χ0n) is 10.7. The quantitative estimate of drug-likeness (QED) is 0.616. The van der Waals surface area contributed by atoms with E-state index in [2.05, 4.69) is 0 Å². The first-order valence-electron chi connectivity index (χ1n) is 5.67. The maximum Gasteiger partial charge on any atom is 0.248 e. The van der Waals surface area contributed by atoms with E-state index in [0.29, 0.717) is 12.1 Å². The summed E-state index contributed by atoms with van der Waals surface area (Å²) < 4.78 is 65.0. The number of nitrogens with zero attached hydrogens (tertiary/aromatic N) is 1. The van der Waals surface area contributed by atoms with E-state index in [0.717, 1.165) is 4.31 Å². The summed E-state index contributed by atoms with van der Waals surface area (Å²) in [6.07, 6.45) is -0.0719. The molecule has 9 heteroatoms. The Balaban J connectivity index is 3.24. The third kappa shape index (κ3) is 3.48. The SMILES string of the molecule is CCN(CCC(=N)N)S(=O)(=O)c1c(F)cc(F)cc1F. The van der Waals surface area contributed by atoms with E-state index in [1.807, 2.05) is 0 Å². The molecule has 0 aliphatic heterocycles. The number of halogens is 3. The van der Waals surface area contributed by atoms with E-state index in [1.54, 1.807) is 0 Å². The molecule has 0 bridgehead atoms. The highest BCUT2D eigenvalue weighted by molar-refractivity contribution is 7.89. The van der Waals surface area contributed by atoms with Crippen molar-refractivity contribution in [2.24, 2.45) is 5.73 Å². The first-order valence-corrected chi connectivity index (χ1v) is 7.11. The van der Waals surface area contributed by atoms with Crippen LogP contribution in [0.1, 0.15) is 13.3 Å². The van der Waals surface area contributed by atoms with Crippen LogP contribution in [0.5, 0.6) is 0 Å². The van der Waals surface area contributed by atoms with Crippen LogP contribution >= 0.6 is 0 Å². The van der Waals surface area contributed by atoms with Gasteiger partial charge in [0.15, 0.2) is 4.90 Å². The van der Waals surface area contributed by atoms with Crippen molar-refractivity contribution in [1.29, 1.82) is 5.41 Å². The summed E-state index contributed by atoms with van der Waals surface area (Å²) in [5.74, 6) is -4.45. The van der Waals surface area contributed by atoms with Gasteiger partial charge in [0, 0.05) is 31.6 Å². The summed E-state index contributed by atoms with van der Waals surface area (Å²) in [6, 6.07) is 0.601. The maximum absolute atomic E-state index is 13.5. The van der Waals surface area contributed by atoms with Gasteiger partial charge in [-0.1, -0.05) is 6.92 Å². The molecule has 0 aromatic heterocycles. The average molecular weight is 309 g/mol. The topological polar surface area (TPSA) is 87.2 Å². The van der Waals surface area contributed by atoms with Gasteiger partial charge >= 0.3 is 0 Å². The highest BCUT2D eigenvalue weighted by atomic mass is 32.2. The van der Waals surface area contributed by atoms with Gasteiger partial charge in [0.05, 0.1) is 5.84 Å². The van der Waals surface area contributed by atoms with E-state index in [1.165, 1.54) is 6.92 Å². The fourth-order valence-electron chi connectivity index (χ4n) is 1.60. The first kappa shape index (κ1) is 16.4. The van der Waals surface area contributed by atoms with Crippen LogP contribution in [-0.2, 0) is 10.0 Å². The number of hydrogen-bond donors (Lipinski definition) is 2. The van der Waals surface area contributed by atoms with Crippen LogP contribution in [0.15, 0.2) is 17.0 Å². The second-order valence-electron chi connectivity index (χ2n) is 3.97. The number of sulfonamides is 1. The normalized spacial score (nSPS) is 11.8. The maximum atomic E-state index is 13.5. The summed E-state index contributed by atoms with van der Waals surface area (Å²) in [5, 5.41) is 7.04. The zero-order chi connectivity index (χ0) is 15.5. The van der Waals surface area contributed by atoms with Crippen molar-refractivity contribution in [1.82, 2.24) is 4.31 Å². The molecule has 0 aliphatic rings. The summed E-state index contributed by atoms with van der Waals surface area (Å²) in [6.45, 7) is 1.22. The van der Waals surface area contributed by atoms with Gasteiger partial charge in [0.1, 0.15) is 17.5 Å². The molecule has 112 valence electrons. The van der Waals surface area contributed by atoms with Gasteiger partial charge in [-0.25, -0.2) is 21.6 Å². The lowest BCUT2D eigenvalue weighted by molar-refractivity contribution is 0.421. The molecule has 0 saturated heterocycles. The number of rotatable bonds is 6. The largest absolute Gasteiger partial charge is 0.388 e. The Morgan fingerprint density at radius 3 is 2.20 bits per heavy atom. The molecule has 1 rings (SSSR count). The van der Waals surface area contributed by atoms with Crippen LogP contribution in [0, 0.1) is 22.9 Å². The highest BCUT2D eigenvalue weighted by Gasteiger charge is 2.30. The van der Waals surface area contributed by atoms with Gasteiger partial charge in [0.2, 0.25) is 10.0 Å². The third-order valence-corrected chi connectivity index (χ3v) is 4.57. The predicted molar refractivity (Wildman–Crippen MR) is 67.3 cm³/mol. The smallest absolute Gasteiger partial charge is 0.248 e. The number of hydrogen-bond acceptors (Lipinski definition) is 3. The van der Waals surface area contributed by atoms with Crippen LogP contribution in [0.3, 0.4) is 0 Å². The molecule has 1 aromatic rings. The molecule has 20 heavy (non-hydrogen) atoms. The number of nitrogens with two attached hydrogens (primary N) is 1. The Hall–Kier alpha value is -1.61. The van der Waals surface area contributed by atoms with Gasteiger partial charge < -0.3 is 5.73 Å². The van der Waals surface area contributed by atoms with Gasteiger partial charge in [-0.05, 0) is 0 Å². The molecule has 0 spiro atoms. The van der Waals surface area contributed by atoms with Crippen molar-refractivity contribution in [2.75, 3.05) is 13.1 Å². The summed E-state index contributed by atoms with van der Waals surface area (Å²) in [5.41, 5.74) is 5.12. The zero-order valence-corrected chi connectivity index (χ0v) is 11.5.